The van der Waals surface area contributed by atoms with Gasteiger partial charge in [0.05, 0.1) is 19.0 Å². The number of para-hydroxylation sites is 1. The zero-order chi connectivity index (χ0) is 13.8. The highest BCUT2D eigenvalue weighted by atomic mass is 32.2. The van der Waals surface area contributed by atoms with E-state index in [0.717, 1.165) is 6.42 Å². The van der Waals surface area contributed by atoms with Crippen LogP contribution in [0.1, 0.15) is 20.3 Å². The molecule has 0 fully saturated rings. The van der Waals surface area contributed by atoms with Crippen molar-refractivity contribution in [3.05, 3.63) is 24.3 Å². The summed E-state index contributed by atoms with van der Waals surface area (Å²) in [5, 5.41) is 9.86. The molecule has 0 aliphatic carbocycles. The van der Waals surface area contributed by atoms with Crippen molar-refractivity contribution >= 4 is 9.84 Å². The van der Waals surface area contributed by atoms with Gasteiger partial charge in [0.25, 0.3) is 0 Å². The maximum absolute atomic E-state index is 12.2. The van der Waals surface area contributed by atoms with Crippen molar-refractivity contribution in [3.8, 4) is 5.75 Å². The molecule has 0 aliphatic heterocycles. The molecule has 18 heavy (non-hydrogen) atoms. The van der Waals surface area contributed by atoms with Gasteiger partial charge in [0.1, 0.15) is 10.6 Å². The molecule has 0 radical (unpaired) electrons. The second-order valence-electron chi connectivity index (χ2n) is 4.39. The van der Waals surface area contributed by atoms with Crippen LogP contribution in [0.2, 0.25) is 0 Å². The topological polar surface area (TPSA) is 63.6 Å². The molecular weight excluding hydrogens is 252 g/mol. The second kappa shape index (κ2) is 6.20. The summed E-state index contributed by atoms with van der Waals surface area (Å²) in [6.45, 7) is 3.76. The molecule has 0 bridgehead atoms. The number of ether oxygens (including phenoxy) is 1. The lowest BCUT2D eigenvalue weighted by molar-refractivity contribution is 0.135. The van der Waals surface area contributed by atoms with Gasteiger partial charge < -0.3 is 9.84 Å². The zero-order valence-corrected chi connectivity index (χ0v) is 11.8. The Labute approximate surface area is 109 Å². The normalized spacial score (nSPS) is 15.1. The van der Waals surface area contributed by atoms with Crippen molar-refractivity contribution in [1.29, 1.82) is 0 Å². The highest BCUT2D eigenvalue weighted by molar-refractivity contribution is 7.91. The van der Waals surface area contributed by atoms with E-state index in [0.29, 0.717) is 5.75 Å². The van der Waals surface area contributed by atoms with Gasteiger partial charge in [-0.3, -0.25) is 0 Å². The van der Waals surface area contributed by atoms with Crippen LogP contribution in [0.25, 0.3) is 0 Å². The van der Waals surface area contributed by atoms with Crippen LogP contribution in [0.3, 0.4) is 0 Å². The lowest BCUT2D eigenvalue weighted by Gasteiger charge is -2.17. The molecule has 0 amide bonds. The third-order valence-electron chi connectivity index (χ3n) is 3.10. The average molecular weight is 272 g/mol. The summed E-state index contributed by atoms with van der Waals surface area (Å²) in [5.41, 5.74) is 0. The Morgan fingerprint density at radius 2 is 1.94 bits per heavy atom. The van der Waals surface area contributed by atoms with E-state index in [-0.39, 0.29) is 16.6 Å². The summed E-state index contributed by atoms with van der Waals surface area (Å²) >= 11 is 0. The number of sulfone groups is 1. The highest BCUT2D eigenvalue weighted by Gasteiger charge is 2.25. The number of aliphatic hydroxyl groups excluding tert-OH is 1. The minimum Gasteiger partial charge on any atom is -0.495 e. The summed E-state index contributed by atoms with van der Waals surface area (Å²) in [4.78, 5) is 0.134. The summed E-state index contributed by atoms with van der Waals surface area (Å²) < 4.78 is 29.4. The summed E-state index contributed by atoms with van der Waals surface area (Å²) in [6, 6.07) is 6.45. The van der Waals surface area contributed by atoms with Gasteiger partial charge >= 0.3 is 0 Å². The van der Waals surface area contributed by atoms with Gasteiger partial charge in [0.2, 0.25) is 0 Å². The van der Waals surface area contributed by atoms with Crippen molar-refractivity contribution in [2.45, 2.75) is 31.3 Å². The molecule has 1 aromatic carbocycles. The van der Waals surface area contributed by atoms with E-state index in [4.69, 9.17) is 4.74 Å². The zero-order valence-electron chi connectivity index (χ0n) is 11.0. The maximum atomic E-state index is 12.2. The Balaban J connectivity index is 3.00. The van der Waals surface area contributed by atoms with Gasteiger partial charge in [0.15, 0.2) is 9.84 Å². The first kappa shape index (κ1) is 15.0. The Hall–Kier alpha value is -1.07. The average Bonchev–Trinajstić information content (AvgIpc) is 2.37. The minimum atomic E-state index is -3.53. The molecule has 0 aromatic heterocycles. The van der Waals surface area contributed by atoms with Gasteiger partial charge in [-0.2, -0.15) is 0 Å². The lowest BCUT2D eigenvalue weighted by Crippen LogP contribution is -2.27. The first-order valence-electron chi connectivity index (χ1n) is 5.96. The fraction of sp³-hybridized carbons (Fsp3) is 0.538. The number of rotatable bonds is 6. The third kappa shape index (κ3) is 3.46. The molecule has 102 valence electrons. The number of hydrogen-bond acceptors (Lipinski definition) is 4. The lowest BCUT2D eigenvalue weighted by atomic mass is 10.0. The van der Waals surface area contributed by atoms with Crippen molar-refractivity contribution < 1.29 is 18.3 Å². The Morgan fingerprint density at radius 3 is 2.50 bits per heavy atom. The van der Waals surface area contributed by atoms with E-state index in [1.165, 1.54) is 13.2 Å². The molecule has 1 aromatic rings. The molecular formula is C13H20O4S. The molecule has 0 spiro atoms. The van der Waals surface area contributed by atoms with Crippen LogP contribution >= 0.6 is 0 Å². The van der Waals surface area contributed by atoms with Crippen molar-refractivity contribution in [1.82, 2.24) is 0 Å². The molecule has 0 heterocycles. The number of benzene rings is 1. The molecule has 5 heteroatoms. The predicted octanol–water partition coefficient (Wildman–Crippen LogP) is 1.88. The van der Waals surface area contributed by atoms with E-state index in [1.54, 1.807) is 18.2 Å². The highest BCUT2D eigenvalue weighted by Crippen LogP contribution is 2.25. The van der Waals surface area contributed by atoms with Crippen molar-refractivity contribution in [2.75, 3.05) is 12.9 Å². The van der Waals surface area contributed by atoms with Gasteiger partial charge in [-0.15, -0.1) is 0 Å². The number of methoxy groups -OCH3 is 1. The predicted molar refractivity (Wildman–Crippen MR) is 70.5 cm³/mol. The smallest absolute Gasteiger partial charge is 0.184 e. The van der Waals surface area contributed by atoms with Crippen LogP contribution in [-0.2, 0) is 9.84 Å². The van der Waals surface area contributed by atoms with Crippen LogP contribution in [-0.4, -0.2) is 32.5 Å². The maximum Gasteiger partial charge on any atom is 0.184 e. The van der Waals surface area contributed by atoms with Crippen LogP contribution in [0.15, 0.2) is 29.2 Å². The SMILES string of the molecule is CCC(C)C(O)CS(=O)(=O)c1ccccc1OC. The third-order valence-corrected chi connectivity index (χ3v) is 4.88. The summed E-state index contributed by atoms with van der Waals surface area (Å²) in [5.74, 6) is -0.00844. The van der Waals surface area contributed by atoms with Gasteiger partial charge in [0, 0.05) is 0 Å². The molecule has 2 atom stereocenters. The van der Waals surface area contributed by atoms with E-state index in [2.05, 4.69) is 0 Å². The summed E-state index contributed by atoms with van der Waals surface area (Å²) in [7, 11) is -2.10. The Kier molecular flexibility index (Phi) is 5.16. The van der Waals surface area contributed by atoms with Gasteiger partial charge in [-0.05, 0) is 18.1 Å². The monoisotopic (exact) mass is 272 g/mol. The standard InChI is InChI=1S/C13H20O4S/c1-4-10(2)11(14)9-18(15,16)13-8-6-5-7-12(13)17-3/h5-8,10-11,14H,4,9H2,1-3H3. The van der Waals surface area contributed by atoms with E-state index < -0.39 is 15.9 Å². The van der Waals surface area contributed by atoms with E-state index in [9.17, 15) is 13.5 Å². The van der Waals surface area contributed by atoms with Crippen LogP contribution in [0.4, 0.5) is 0 Å². The van der Waals surface area contributed by atoms with E-state index in [1.807, 2.05) is 13.8 Å². The first-order chi connectivity index (χ1) is 8.42. The minimum absolute atomic E-state index is 0.0468. The molecule has 1 rings (SSSR count). The number of aliphatic hydroxyl groups is 1. The first-order valence-corrected chi connectivity index (χ1v) is 7.61. The van der Waals surface area contributed by atoms with Crippen molar-refractivity contribution in [3.63, 3.8) is 0 Å². The van der Waals surface area contributed by atoms with Crippen LogP contribution in [0.5, 0.6) is 5.75 Å². The molecule has 0 saturated carbocycles. The molecule has 2 unspecified atom stereocenters. The van der Waals surface area contributed by atoms with Crippen LogP contribution < -0.4 is 4.74 Å². The fourth-order valence-electron chi connectivity index (χ4n) is 1.63. The summed E-state index contributed by atoms with van der Waals surface area (Å²) in [6.07, 6.45) is -0.118. The Morgan fingerprint density at radius 1 is 1.33 bits per heavy atom. The number of hydrogen-bond donors (Lipinski definition) is 1. The largest absolute Gasteiger partial charge is 0.495 e. The van der Waals surface area contributed by atoms with Crippen molar-refractivity contribution in [2.24, 2.45) is 5.92 Å². The van der Waals surface area contributed by atoms with Gasteiger partial charge in [-0.25, -0.2) is 8.42 Å². The molecule has 4 nitrogen and oxygen atoms in total. The van der Waals surface area contributed by atoms with E-state index >= 15 is 0 Å². The molecule has 1 N–H and O–H groups in total. The fourth-order valence-corrected chi connectivity index (χ4v) is 3.33. The second-order valence-corrected chi connectivity index (χ2v) is 6.39. The molecule has 0 saturated heterocycles. The Bertz CT molecular complexity index is 482. The quantitative estimate of drug-likeness (QED) is 0.858. The molecule has 0 aliphatic rings. The van der Waals surface area contributed by atoms with Crippen LogP contribution in [0, 0.1) is 5.92 Å². The van der Waals surface area contributed by atoms with Gasteiger partial charge in [-0.1, -0.05) is 32.4 Å².